The monoisotopic (exact) mass is 252 g/mol. The van der Waals surface area contributed by atoms with Gasteiger partial charge in [0, 0.05) is 25.0 Å². The summed E-state index contributed by atoms with van der Waals surface area (Å²) in [5.41, 5.74) is 6.34. The van der Waals surface area contributed by atoms with Crippen LogP contribution >= 0.6 is 0 Å². The minimum Gasteiger partial charge on any atom is -0.342 e. The molecule has 3 nitrogen and oxygen atoms in total. The highest BCUT2D eigenvalue weighted by Gasteiger charge is 2.35. The van der Waals surface area contributed by atoms with Gasteiger partial charge in [0.05, 0.1) is 0 Å². The maximum atomic E-state index is 12.6. The van der Waals surface area contributed by atoms with E-state index in [1.807, 2.05) is 0 Å². The molecule has 0 bridgehead atoms. The standard InChI is InChI=1S/C15H28N2O/c1-3-15(2)8-5-9-17(11-15)14(18)12-6-4-7-13(16)10-12/h12-13H,3-11,16H2,1-2H3. The van der Waals surface area contributed by atoms with Gasteiger partial charge in [-0.25, -0.2) is 0 Å². The lowest BCUT2D eigenvalue weighted by atomic mass is 9.78. The summed E-state index contributed by atoms with van der Waals surface area (Å²) < 4.78 is 0. The molecule has 1 amide bonds. The average Bonchev–Trinajstić information content (AvgIpc) is 2.38. The summed E-state index contributed by atoms with van der Waals surface area (Å²) in [6.07, 6.45) is 7.75. The fraction of sp³-hybridized carbons (Fsp3) is 0.933. The minimum atomic E-state index is 0.202. The molecule has 3 heteroatoms. The third-order valence-electron chi connectivity index (χ3n) is 5.01. The molecule has 1 saturated carbocycles. The SMILES string of the molecule is CCC1(C)CCCN(C(=O)C2CCCC(N)C2)C1. The Bertz CT molecular complexity index is 305. The molecule has 0 radical (unpaired) electrons. The second kappa shape index (κ2) is 5.60. The van der Waals surface area contributed by atoms with Gasteiger partial charge in [-0.2, -0.15) is 0 Å². The summed E-state index contributed by atoms with van der Waals surface area (Å²) in [4.78, 5) is 14.7. The fourth-order valence-electron chi connectivity index (χ4n) is 3.50. The van der Waals surface area contributed by atoms with Crippen molar-refractivity contribution in [3.63, 3.8) is 0 Å². The number of carbonyl (C=O) groups is 1. The first kappa shape index (κ1) is 13.9. The van der Waals surface area contributed by atoms with Crippen molar-refractivity contribution >= 4 is 5.91 Å². The summed E-state index contributed by atoms with van der Waals surface area (Å²) >= 11 is 0. The first-order valence-corrected chi connectivity index (χ1v) is 7.58. The van der Waals surface area contributed by atoms with Crippen LogP contribution in [0.4, 0.5) is 0 Å². The van der Waals surface area contributed by atoms with Gasteiger partial charge in [0.25, 0.3) is 0 Å². The highest BCUT2D eigenvalue weighted by atomic mass is 16.2. The van der Waals surface area contributed by atoms with Crippen molar-refractivity contribution < 1.29 is 4.79 Å². The molecule has 2 fully saturated rings. The Morgan fingerprint density at radius 3 is 2.83 bits per heavy atom. The zero-order valence-electron chi connectivity index (χ0n) is 12.0. The number of hydrogen-bond acceptors (Lipinski definition) is 2. The van der Waals surface area contributed by atoms with Crippen molar-refractivity contribution in [3.8, 4) is 0 Å². The van der Waals surface area contributed by atoms with E-state index in [-0.39, 0.29) is 12.0 Å². The van der Waals surface area contributed by atoms with E-state index in [4.69, 9.17) is 5.73 Å². The van der Waals surface area contributed by atoms with Crippen LogP contribution in [-0.4, -0.2) is 29.9 Å². The maximum absolute atomic E-state index is 12.6. The largest absolute Gasteiger partial charge is 0.342 e. The Morgan fingerprint density at radius 1 is 1.39 bits per heavy atom. The maximum Gasteiger partial charge on any atom is 0.225 e. The molecule has 3 unspecified atom stereocenters. The minimum absolute atomic E-state index is 0.202. The molecule has 104 valence electrons. The molecule has 18 heavy (non-hydrogen) atoms. The molecule has 2 aliphatic rings. The third kappa shape index (κ3) is 3.05. The van der Waals surface area contributed by atoms with Crippen LogP contribution in [-0.2, 0) is 4.79 Å². The molecule has 2 N–H and O–H groups in total. The smallest absolute Gasteiger partial charge is 0.225 e. The quantitative estimate of drug-likeness (QED) is 0.821. The van der Waals surface area contributed by atoms with Crippen LogP contribution in [0.2, 0.25) is 0 Å². The van der Waals surface area contributed by atoms with Gasteiger partial charge in [0.15, 0.2) is 0 Å². The second-order valence-electron chi connectivity index (χ2n) is 6.65. The van der Waals surface area contributed by atoms with Crippen molar-refractivity contribution in [3.05, 3.63) is 0 Å². The van der Waals surface area contributed by atoms with E-state index >= 15 is 0 Å². The zero-order valence-corrected chi connectivity index (χ0v) is 12.0. The number of hydrogen-bond donors (Lipinski definition) is 1. The van der Waals surface area contributed by atoms with Crippen LogP contribution in [0, 0.1) is 11.3 Å². The summed E-state index contributed by atoms with van der Waals surface area (Å²) in [5.74, 6) is 0.581. The number of piperidine rings is 1. The highest BCUT2D eigenvalue weighted by Crippen LogP contribution is 2.34. The molecule has 1 aliphatic carbocycles. The fourth-order valence-corrected chi connectivity index (χ4v) is 3.50. The van der Waals surface area contributed by atoms with E-state index in [2.05, 4.69) is 18.7 Å². The van der Waals surface area contributed by atoms with E-state index in [1.54, 1.807) is 0 Å². The molecular weight excluding hydrogens is 224 g/mol. The van der Waals surface area contributed by atoms with Crippen LogP contribution < -0.4 is 5.73 Å². The van der Waals surface area contributed by atoms with Crippen LogP contribution in [0.15, 0.2) is 0 Å². The van der Waals surface area contributed by atoms with Crippen molar-refractivity contribution in [1.29, 1.82) is 0 Å². The lowest BCUT2D eigenvalue weighted by Gasteiger charge is -2.42. The number of amides is 1. The van der Waals surface area contributed by atoms with Gasteiger partial charge in [-0.15, -0.1) is 0 Å². The van der Waals surface area contributed by atoms with Gasteiger partial charge < -0.3 is 10.6 Å². The second-order valence-corrected chi connectivity index (χ2v) is 6.65. The normalized spacial score (nSPS) is 37.6. The molecule has 0 spiro atoms. The predicted octanol–water partition coefficient (Wildman–Crippen LogP) is 2.54. The first-order valence-electron chi connectivity index (χ1n) is 7.58. The van der Waals surface area contributed by atoms with Gasteiger partial charge in [-0.1, -0.05) is 20.3 Å². The van der Waals surface area contributed by atoms with Crippen LogP contribution in [0.3, 0.4) is 0 Å². The van der Waals surface area contributed by atoms with Gasteiger partial charge in [0.1, 0.15) is 0 Å². The van der Waals surface area contributed by atoms with Gasteiger partial charge >= 0.3 is 0 Å². The molecule has 1 saturated heterocycles. The summed E-state index contributed by atoms with van der Waals surface area (Å²) in [7, 11) is 0. The summed E-state index contributed by atoms with van der Waals surface area (Å²) in [6, 6.07) is 0.245. The average molecular weight is 252 g/mol. The number of carbonyl (C=O) groups excluding carboxylic acids is 1. The summed E-state index contributed by atoms with van der Waals surface area (Å²) in [5, 5.41) is 0. The van der Waals surface area contributed by atoms with E-state index in [9.17, 15) is 4.79 Å². The summed E-state index contributed by atoms with van der Waals surface area (Å²) in [6.45, 7) is 6.47. The Morgan fingerprint density at radius 2 is 2.17 bits per heavy atom. The number of nitrogens with zero attached hydrogens (tertiary/aromatic N) is 1. The van der Waals surface area contributed by atoms with Crippen LogP contribution in [0.5, 0.6) is 0 Å². The Labute approximate surface area is 111 Å². The van der Waals surface area contributed by atoms with E-state index in [0.29, 0.717) is 11.3 Å². The Kier molecular flexibility index (Phi) is 4.31. The van der Waals surface area contributed by atoms with E-state index in [0.717, 1.165) is 45.2 Å². The molecule has 1 heterocycles. The topological polar surface area (TPSA) is 46.3 Å². The van der Waals surface area contributed by atoms with Gasteiger partial charge in [-0.05, 0) is 43.9 Å². The Balaban J connectivity index is 1.96. The van der Waals surface area contributed by atoms with Crippen molar-refractivity contribution in [2.24, 2.45) is 17.1 Å². The first-order chi connectivity index (χ1) is 8.54. The molecule has 0 aromatic rings. The van der Waals surface area contributed by atoms with E-state index in [1.165, 1.54) is 12.8 Å². The molecule has 3 atom stereocenters. The zero-order chi connectivity index (χ0) is 13.2. The van der Waals surface area contributed by atoms with Crippen LogP contribution in [0.25, 0.3) is 0 Å². The predicted molar refractivity (Wildman–Crippen MR) is 74.1 cm³/mol. The molecule has 0 aromatic heterocycles. The third-order valence-corrected chi connectivity index (χ3v) is 5.01. The molecule has 0 aromatic carbocycles. The van der Waals surface area contributed by atoms with Gasteiger partial charge in [-0.3, -0.25) is 4.79 Å². The van der Waals surface area contributed by atoms with E-state index < -0.39 is 0 Å². The molecular formula is C15H28N2O. The lowest BCUT2D eigenvalue weighted by Crippen LogP contribution is -2.48. The number of nitrogens with two attached hydrogens (primary N) is 1. The Hall–Kier alpha value is -0.570. The lowest BCUT2D eigenvalue weighted by molar-refractivity contribution is -0.140. The molecule has 2 rings (SSSR count). The van der Waals surface area contributed by atoms with Gasteiger partial charge in [0.2, 0.25) is 5.91 Å². The highest BCUT2D eigenvalue weighted by molar-refractivity contribution is 5.79. The van der Waals surface area contributed by atoms with Crippen LogP contribution in [0.1, 0.15) is 58.8 Å². The van der Waals surface area contributed by atoms with Crippen molar-refractivity contribution in [2.45, 2.75) is 64.8 Å². The van der Waals surface area contributed by atoms with Crippen molar-refractivity contribution in [2.75, 3.05) is 13.1 Å². The number of likely N-dealkylation sites (tertiary alicyclic amines) is 1. The van der Waals surface area contributed by atoms with Crippen molar-refractivity contribution in [1.82, 2.24) is 4.90 Å². The number of rotatable bonds is 2. The molecule has 1 aliphatic heterocycles.